The average Bonchev–Trinajstić information content (AvgIpc) is 2.48. The van der Waals surface area contributed by atoms with Crippen LogP contribution in [0.2, 0.25) is 0 Å². The van der Waals surface area contributed by atoms with Crippen molar-refractivity contribution >= 4 is 0 Å². The Morgan fingerprint density at radius 2 is 2.10 bits per heavy atom. The number of hydrazine groups is 1. The van der Waals surface area contributed by atoms with E-state index >= 15 is 0 Å². The third kappa shape index (κ3) is 2.86. The van der Waals surface area contributed by atoms with Crippen molar-refractivity contribution in [3.05, 3.63) is 35.4 Å². The Morgan fingerprint density at radius 1 is 1.33 bits per heavy atom. The highest BCUT2D eigenvalue weighted by molar-refractivity contribution is 5.31. The number of ether oxygens (including phenoxy) is 2. The molecule has 116 valence electrons. The van der Waals surface area contributed by atoms with Crippen LogP contribution in [-0.4, -0.2) is 25.9 Å². The van der Waals surface area contributed by atoms with Gasteiger partial charge in [-0.25, -0.2) is 0 Å². The second-order valence-corrected chi connectivity index (χ2v) is 6.28. The zero-order valence-corrected chi connectivity index (χ0v) is 12.8. The lowest BCUT2D eigenvalue weighted by molar-refractivity contribution is -0.111. The highest BCUT2D eigenvalue weighted by Crippen LogP contribution is 2.40. The van der Waals surface area contributed by atoms with E-state index in [2.05, 4.69) is 29.7 Å². The minimum Gasteiger partial charge on any atom is -0.381 e. The fourth-order valence-corrected chi connectivity index (χ4v) is 3.61. The first-order valence-corrected chi connectivity index (χ1v) is 7.98. The summed E-state index contributed by atoms with van der Waals surface area (Å²) < 4.78 is 11.4. The molecule has 21 heavy (non-hydrogen) atoms. The number of methoxy groups -OCH3 is 1. The van der Waals surface area contributed by atoms with E-state index in [1.807, 2.05) is 0 Å². The molecule has 4 nitrogen and oxygen atoms in total. The first kappa shape index (κ1) is 15.0. The average molecular weight is 290 g/mol. The molecule has 0 bridgehead atoms. The summed E-state index contributed by atoms with van der Waals surface area (Å²) in [6.07, 6.45) is 5.71. The van der Waals surface area contributed by atoms with Crippen molar-refractivity contribution in [2.24, 2.45) is 5.84 Å². The Bertz CT molecular complexity index is 468. The molecule has 1 saturated heterocycles. The number of hydrogen-bond acceptors (Lipinski definition) is 4. The molecule has 1 unspecified atom stereocenters. The predicted octanol–water partition coefficient (Wildman–Crippen LogP) is 2.65. The van der Waals surface area contributed by atoms with Crippen LogP contribution in [0.5, 0.6) is 0 Å². The van der Waals surface area contributed by atoms with Crippen molar-refractivity contribution in [3.63, 3.8) is 0 Å². The third-order valence-electron chi connectivity index (χ3n) is 5.26. The number of nitrogens with two attached hydrogens (primary N) is 1. The van der Waals surface area contributed by atoms with Crippen LogP contribution in [0.15, 0.2) is 24.3 Å². The second-order valence-electron chi connectivity index (χ2n) is 6.28. The molecule has 1 aromatic rings. The molecule has 0 amide bonds. The van der Waals surface area contributed by atoms with Crippen LogP contribution < -0.4 is 11.3 Å². The molecular formula is C17H26N2O2. The molecular weight excluding hydrogens is 264 g/mol. The van der Waals surface area contributed by atoms with Crippen molar-refractivity contribution in [3.8, 4) is 0 Å². The summed E-state index contributed by atoms with van der Waals surface area (Å²) in [6, 6.07) is 8.86. The zero-order chi connectivity index (χ0) is 14.7. The van der Waals surface area contributed by atoms with Crippen LogP contribution >= 0.6 is 0 Å². The van der Waals surface area contributed by atoms with Gasteiger partial charge in [0.25, 0.3) is 0 Å². The van der Waals surface area contributed by atoms with Gasteiger partial charge in [0.1, 0.15) is 0 Å². The Kier molecular flexibility index (Phi) is 4.60. The van der Waals surface area contributed by atoms with E-state index in [-0.39, 0.29) is 11.6 Å². The highest BCUT2D eigenvalue weighted by Gasteiger charge is 2.41. The van der Waals surface area contributed by atoms with E-state index < -0.39 is 0 Å². The maximum Gasteiger partial charge on any atom is 0.0929 e. The molecule has 3 N–H and O–H groups in total. The Hall–Kier alpha value is -0.940. The molecule has 3 rings (SSSR count). The van der Waals surface area contributed by atoms with E-state index in [0.717, 1.165) is 32.0 Å². The monoisotopic (exact) mass is 290 g/mol. The van der Waals surface area contributed by atoms with Gasteiger partial charge < -0.3 is 9.47 Å². The van der Waals surface area contributed by atoms with Crippen LogP contribution in [-0.2, 0) is 9.47 Å². The largest absolute Gasteiger partial charge is 0.381 e. The van der Waals surface area contributed by atoms with E-state index in [1.165, 1.54) is 30.4 Å². The van der Waals surface area contributed by atoms with E-state index in [0.29, 0.717) is 0 Å². The molecule has 0 spiro atoms. The van der Waals surface area contributed by atoms with Crippen molar-refractivity contribution in [1.82, 2.24) is 5.43 Å². The summed E-state index contributed by atoms with van der Waals surface area (Å²) in [5.74, 6) is 6.63. The van der Waals surface area contributed by atoms with Gasteiger partial charge in [-0.3, -0.25) is 11.3 Å². The summed E-state index contributed by atoms with van der Waals surface area (Å²) in [7, 11) is 1.78. The van der Waals surface area contributed by atoms with Crippen molar-refractivity contribution in [2.45, 2.75) is 49.7 Å². The smallest absolute Gasteiger partial charge is 0.0929 e. The van der Waals surface area contributed by atoms with Gasteiger partial charge in [-0.05, 0) is 29.9 Å². The van der Waals surface area contributed by atoms with Gasteiger partial charge in [-0.15, -0.1) is 0 Å². The van der Waals surface area contributed by atoms with Gasteiger partial charge >= 0.3 is 0 Å². The van der Waals surface area contributed by atoms with E-state index in [9.17, 15) is 0 Å². The molecule has 1 aliphatic heterocycles. The normalized spacial score (nSPS) is 23.5. The van der Waals surface area contributed by atoms with Gasteiger partial charge in [0.15, 0.2) is 0 Å². The van der Waals surface area contributed by atoms with Crippen LogP contribution in [0.4, 0.5) is 0 Å². The summed E-state index contributed by atoms with van der Waals surface area (Å²) >= 11 is 0. The Morgan fingerprint density at radius 3 is 2.67 bits per heavy atom. The lowest BCUT2D eigenvalue weighted by Gasteiger charge is -2.42. The first-order chi connectivity index (χ1) is 10.3. The minimum absolute atomic E-state index is 0.00595. The highest BCUT2D eigenvalue weighted by atomic mass is 16.5. The zero-order valence-electron chi connectivity index (χ0n) is 12.8. The summed E-state index contributed by atoms with van der Waals surface area (Å²) in [4.78, 5) is 0. The lowest BCUT2D eigenvalue weighted by atomic mass is 9.77. The number of rotatable bonds is 5. The van der Waals surface area contributed by atoms with Crippen LogP contribution in [0, 0.1) is 0 Å². The van der Waals surface area contributed by atoms with Crippen LogP contribution in [0.25, 0.3) is 0 Å². The maximum atomic E-state index is 5.90. The topological polar surface area (TPSA) is 56.5 Å². The SMILES string of the molecule is COC1(C(NN)c2cccc(C3CCC3)c2)CCOCC1. The molecule has 0 radical (unpaired) electrons. The second kappa shape index (κ2) is 6.44. The fourth-order valence-electron chi connectivity index (χ4n) is 3.61. The van der Waals surface area contributed by atoms with Crippen LogP contribution in [0.3, 0.4) is 0 Å². The maximum absolute atomic E-state index is 5.90. The summed E-state index contributed by atoms with van der Waals surface area (Å²) in [5.41, 5.74) is 5.40. The van der Waals surface area contributed by atoms with E-state index in [4.69, 9.17) is 15.3 Å². The molecule has 1 atom stereocenters. The molecule has 2 fully saturated rings. The standard InChI is InChI=1S/C17H26N2O2/c1-20-17(8-10-21-11-9-17)16(19-18)15-7-3-6-14(12-15)13-4-2-5-13/h3,6-7,12-13,16,19H,2,4-5,8-11,18H2,1H3. The minimum atomic E-state index is -0.273. The summed E-state index contributed by atoms with van der Waals surface area (Å²) in [5, 5.41) is 0. The molecule has 1 aliphatic carbocycles. The molecule has 0 aromatic heterocycles. The fraction of sp³-hybridized carbons (Fsp3) is 0.647. The third-order valence-corrected chi connectivity index (χ3v) is 5.26. The van der Waals surface area contributed by atoms with Gasteiger partial charge in [0, 0.05) is 33.2 Å². The first-order valence-electron chi connectivity index (χ1n) is 7.98. The molecule has 2 aliphatic rings. The Balaban J connectivity index is 1.87. The van der Waals surface area contributed by atoms with Crippen molar-refractivity contribution in [2.75, 3.05) is 20.3 Å². The number of hydrogen-bond donors (Lipinski definition) is 2. The Labute approximate surface area is 127 Å². The summed E-state index contributed by atoms with van der Waals surface area (Å²) in [6.45, 7) is 1.46. The number of benzene rings is 1. The predicted molar refractivity (Wildman–Crippen MR) is 82.9 cm³/mol. The van der Waals surface area contributed by atoms with Crippen LogP contribution in [0.1, 0.15) is 55.2 Å². The van der Waals surface area contributed by atoms with Gasteiger partial charge in [-0.2, -0.15) is 0 Å². The van der Waals surface area contributed by atoms with Crippen molar-refractivity contribution < 1.29 is 9.47 Å². The van der Waals surface area contributed by atoms with Crippen molar-refractivity contribution in [1.29, 1.82) is 0 Å². The molecule has 4 heteroatoms. The van der Waals surface area contributed by atoms with Gasteiger partial charge in [0.2, 0.25) is 0 Å². The van der Waals surface area contributed by atoms with Gasteiger partial charge in [-0.1, -0.05) is 30.7 Å². The molecule has 1 heterocycles. The molecule has 1 saturated carbocycles. The number of nitrogens with one attached hydrogen (secondary N) is 1. The quantitative estimate of drug-likeness (QED) is 0.646. The van der Waals surface area contributed by atoms with Gasteiger partial charge in [0.05, 0.1) is 11.6 Å². The molecule has 1 aromatic carbocycles. The lowest BCUT2D eigenvalue weighted by Crippen LogP contribution is -2.51. The van der Waals surface area contributed by atoms with E-state index in [1.54, 1.807) is 7.11 Å².